The number of nitrogens with one attached hydrogen (secondary N) is 2. The number of nitrogens with zero attached hydrogens (tertiary/aromatic N) is 2. The molecule has 5 heteroatoms. The first-order valence-electron chi connectivity index (χ1n) is 8.10. The van der Waals surface area contributed by atoms with E-state index in [4.69, 9.17) is 0 Å². The van der Waals surface area contributed by atoms with Gasteiger partial charge in [-0.25, -0.2) is 0 Å². The van der Waals surface area contributed by atoms with Crippen LogP contribution in [0, 0.1) is 6.92 Å². The standard InChI is InChI=1S/C19H26N4.HI/c1-15-8-7-13-21-18(15)14-22-19(20-3)23-16(2)11-12-17-9-5-4-6-10-17;/h4-10,13,16H,11-12,14H2,1-3H3,(H2,20,22,23);1H. The second-order valence-corrected chi connectivity index (χ2v) is 5.76. The molecule has 2 rings (SSSR count). The monoisotopic (exact) mass is 438 g/mol. The number of pyridine rings is 1. The molecule has 0 radical (unpaired) electrons. The molecular formula is C19H27IN4. The summed E-state index contributed by atoms with van der Waals surface area (Å²) >= 11 is 0. The number of aliphatic imine (C=N–C) groups is 1. The van der Waals surface area contributed by atoms with Gasteiger partial charge in [-0.05, 0) is 43.9 Å². The van der Waals surface area contributed by atoms with Gasteiger partial charge in [-0.15, -0.1) is 24.0 Å². The Kier molecular flexibility index (Phi) is 9.37. The highest BCUT2D eigenvalue weighted by Gasteiger charge is 2.06. The van der Waals surface area contributed by atoms with Crippen molar-refractivity contribution in [2.75, 3.05) is 7.05 Å². The van der Waals surface area contributed by atoms with E-state index in [-0.39, 0.29) is 24.0 Å². The Morgan fingerprint density at radius 3 is 2.58 bits per heavy atom. The van der Waals surface area contributed by atoms with Crippen LogP contribution >= 0.6 is 24.0 Å². The summed E-state index contributed by atoms with van der Waals surface area (Å²) in [5.74, 6) is 0.815. The van der Waals surface area contributed by atoms with Gasteiger partial charge in [-0.3, -0.25) is 9.98 Å². The highest BCUT2D eigenvalue weighted by molar-refractivity contribution is 14.0. The number of guanidine groups is 1. The first kappa shape index (κ1) is 20.4. The maximum atomic E-state index is 4.39. The van der Waals surface area contributed by atoms with Gasteiger partial charge < -0.3 is 10.6 Å². The smallest absolute Gasteiger partial charge is 0.191 e. The second-order valence-electron chi connectivity index (χ2n) is 5.76. The third-order valence-electron chi connectivity index (χ3n) is 3.86. The zero-order valence-corrected chi connectivity index (χ0v) is 17.0. The minimum atomic E-state index is 0. The normalized spacial score (nSPS) is 12.2. The molecule has 0 spiro atoms. The molecule has 1 aromatic carbocycles. The van der Waals surface area contributed by atoms with Crippen LogP contribution < -0.4 is 10.6 Å². The van der Waals surface area contributed by atoms with Crippen LogP contribution in [0.4, 0.5) is 0 Å². The van der Waals surface area contributed by atoms with Crippen molar-refractivity contribution in [2.45, 2.75) is 39.3 Å². The van der Waals surface area contributed by atoms with Gasteiger partial charge in [0.2, 0.25) is 0 Å². The first-order chi connectivity index (χ1) is 11.2. The lowest BCUT2D eigenvalue weighted by Crippen LogP contribution is -2.42. The van der Waals surface area contributed by atoms with Gasteiger partial charge in [0.15, 0.2) is 5.96 Å². The van der Waals surface area contributed by atoms with Crippen LogP contribution in [-0.4, -0.2) is 24.0 Å². The van der Waals surface area contributed by atoms with E-state index in [0.29, 0.717) is 12.6 Å². The molecule has 0 aliphatic carbocycles. The van der Waals surface area contributed by atoms with E-state index >= 15 is 0 Å². The van der Waals surface area contributed by atoms with Gasteiger partial charge in [0.1, 0.15) is 0 Å². The number of aromatic nitrogens is 1. The van der Waals surface area contributed by atoms with Gasteiger partial charge in [0.05, 0.1) is 12.2 Å². The number of rotatable bonds is 6. The summed E-state index contributed by atoms with van der Waals surface area (Å²) in [4.78, 5) is 8.69. The van der Waals surface area contributed by atoms with Crippen molar-refractivity contribution in [3.63, 3.8) is 0 Å². The van der Waals surface area contributed by atoms with Crippen LogP contribution in [0.1, 0.15) is 30.2 Å². The van der Waals surface area contributed by atoms with Crippen molar-refractivity contribution in [2.24, 2.45) is 4.99 Å². The van der Waals surface area contributed by atoms with Crippen molar-refractivity contribution in [1.82, 2.24) is 15.6 Å². The van der Waals surface area contributed by atoms with Gasteiger partial charge >= 0.3 is 0 Å². The highest BCUT2D eigenvalue weighted by Crippen LogP contribution is 2.05. The molecule has 2 N–H and O–H groups in total. The molecule has 0 amide bonds. The van der Waals surface area contributed by atoms with Crippen molar-refractivity contribution in [1.29, 1.82) is 0 Å². The fraction of sp³-hybridized carbons (Fsp3) is 0.368. The molecule has 130 valence electrons. The van der Waals surface area contributed by atoms with E-state index in [1.807, 2.05) is 12.3 Å². The molecule has 0 aliphatic heterocycles. The van der Waals surface area contributed by atoms with Crippen molar-refractivity contribution in [3.05, 3.63) is 65.5 Å². The molecule has 4 nitrogen and oxygen atoms in total. The summed E-state index contributed by atoms with van der Waals surface area (Å²) in [7, 11) is 1.80. The molecule has 1 heterocycles. The Hall–Kier alpha value is -1.63. The van der Waals surface area contributed by atoms with E-state index in [0.717, 1.165) is 24.5 Å². The highest BCUT2D eigenvalue weighted by atomic mass is 127. The Labute approximate surface area is 162 Å². The summed E-state index contributed by atoms with van der Waals surface area (Å²) in [6, 6.07) is 14.9. The van der Waals surface area contributed by atoms with Crippen LogP contribution in [-0.2, 0) is 13.0 Å². The molecule has 0 saturated carbocycles. The van der Waals surface area contributed by atoms with Crippen molar-refractivity contribution >= 4 is 29.9 Å². The van der Waals surface area contributed by atoms with Gasteiger partial charge in [-0.1, -0.05) is 36.4 Å². The maximum absolute atomic E-state index is 4.39. The van der Waals surface area contributed by atoms with E-state index in [1.54, 1.807) is 7.05 Å². The summed E-state index contributed by atoms with van der Waals surface area (Å²) < 4.78 is 0. The van der Waals surface area contributed by atoms with Crippen molar-refractivity contribution < 1.29 is 0 Å². The topological polar surface area (TPSA) is 49.3 Å². The number of hydrogen-bond donors (Lipinski definition) is 2. The number of benzene rings is 1. The van der Waals surface area contributed by atoms with E-state index in [9.17, 15) is 0 Å². The predicted molar refractivity (Wildman–Crippen MR) is 112 cm³/mol. The molecule has 0 aliphatic rings. The number of hydrogen-bond acceptors (Lipinski definition) is 2. The Morgan fingerprint density at radius 2 is 1.92 bits per heavy atom. The maximum Gasteiger partial charge on any atom is 0.191 e. The number of halogens is 1. The fourth-order valence-corrected chi connectivity index (χ4v) is 2.40. The summed E-state index contributed by atoms with van der Waals surface area (Å²) in [6.07, 6.45) is 3.95. The first-order valence-corrected chi connectivity index (χ1v) is 8.10. The van der Waals surface area contributed by atoms with Crippen LogP contribution in [0.2, 0.25) is 0 Å². The largest absolute Gasteiger partial charge is 0.354 e. The SMILES string of the molecule is CN=C(NCc1ncccc1C)NC(C)CCc1ccccc1.I. The third kappa shape index (κ3) is 6.86. The van der Waals surface area contributed by atoms with Crippen molar-refractivity contribution in [3.8, 4) is 0 Å². The molecule has 1 aromatic heterocycles. The van der Waals surface area contributed by atoms with Crippen LogP contribution in [0.3, 0.4) is 0 Å². The summed E-state index contributed by atoms with van der Waals surface area (Å²) in [6.45, 7) is 4.93. The Balaban J connectivity index is 0.00000288. The lowest BCUT2D eigenvalue weighted by atomic mass is 10.1. The third-order valence-corrected chi connectivity index (χ3v) is 3.86. The quantitative estimate of drug-likeness (QED) is 0.411. The van der Waals surface area contributed by atoms with Gasteiger partial charge in [0.25, 0.3) is 0 Å². The number of aryl methyl sites for hydroxylation is 2. The van der Waals surface area contributed by atoms with E-state index in [1.165, 1.54) is 11.1 Å². The van der Waals surface area contributed by atoms with Crippen LogP contribution in [0.5, 0.6) is 0 Å². The molecule has 0 saturated heterocycles. The zero-order valence-electron chi connectivity index (χ0n) is 14.6. The van der Waals surface area contributed by atoms with Gasteiger partial charge in [-0.2, -0.15) is 0 Å². The Bertz CT molecular complexity index is 628. The minimum Gasteiger partial charge on any atom is -0.354 e. The molecule has 1 atom stereocenters. The zero-order chi connectivity index (χ0) is 16.5. The van der Waals surface area contributed by atoms with Crippen LogP contribution in [0.15, 0.2) is 53.7 Å². The van der Waals surface area contributed by atoms with Crippen LogP contribution in [0.25, 0.3) is 0 Å². The lowest BCUT2D eigenvalue weighted by Gasteiger charge is -2.18. The molecule has 24 heavy (non-hydrogen) atoms. The minimum absolute atomic E-state index is 0. The molecule has 0 bridgehead atoms. The molecule has 0 fully saturated rings. The van der Waals surface area contributed by atoms with Gasteiger partial charge in [0, 0.05) is 19.3 Å². The van der Waals surface area contributed by atoms with E-state index in [2.05, 4.69) is 70.9 Å². The molecular weight excluding hydrogens is 411 g/mol. The summed E-state index contributed by atoms with van der Waals surface area (Å²) in [5, 5.41) is 6.77. The average Bonchev–Trinajstić information content (AvgIpc) is 2.59. The average molecular weight is 438 g/mol. The molecule has 2 aromatic rings. The summed E-state index contributed by atoms with van der Waals surface area (Å²) in [5.41, 5.74) is 3.60. The Morgan fingerprint density at radius 1 is 1.17 bits per heavy atom. The second kappa shape index (κ2) is 11.0. The van der Waals surface area contributed by atoms with E-state index < -0.39 is 0 Å². The lowest BCUT2D eigenvalue weighted by molar-refractivity contribution is 0.592. The molecule has 1 unspecified atom stereocenters. The predicted octanol–water partition coefficient (Wildman–Crippen LogP) is 3.69. The fourth-order valence-electron chi connectivity index (χ4n) is 2.40.